The molecule has 3 rings (SSSR count). The summed E-state index contributed by atoms with van der Waals surface area (Å²) >= 11 is 0. The Morgan fingerprint density at radius 1 is 1.26 bits per heavy atom. The second kappa shape index (κ2) is 9.74. The maximum atomic E-state index is 12.1. The van der Waals surface area contributed by atoms with Crippen molar-refractivity contribution in [1.82, 2.24) is 5.01 Å². The number of nitrogens with zero attached hydrogens (tertiary/aromatic N) is 2. The van der Waals surface area contributed by atoms with Crippen LogP contribution in [0.4, 0.5) is 0 Å². The number of benzene rings is 1. The van der Waals surface area contributed by atoms with Gasteiger partial charge in [0.25, 0.3) is 0 Å². The van der Waals surface area contributed by atoms with Gasteiger partial charge in [-0.15, -0.1) is 5.10 Å². The molecule has 2 heterocycles. The third kappa shape index (κ3) is 5.01. The first-order chi connectivity index (χ1) is 13.2. The van der Waals surface area contributed by atoms with E-state index in [1.807, 2.05) is 18.2 Å². The number of methoxy groups -OCH3 is 2. The molecule has 0 aliphatic carbocycles. The van der Waals surface area contributed by atoms with E-state index in [0.29, 0.717) is 25.7 Å². The number of hydrogen-bond donors (Lipinski definition) is 0. The Morgan fingerprint density at radius 3 is 2.81 bits per heavy atom. The number of hydrogen-bond acceptors (Lipinski definition) is 6. The molecule has 0 bridgehead atoms. The van der Waals surface area contributed by atoms with Gasteiger partial charge in [-0.05, 0) is 31.2 Å². The summed E-state index contributed by atoms with van der Waals surface area (Å²) in [5.41, 5.74) is 1.13. The average molecular weight is 374 g/mol. The Hall–Kier alpha value is -2.08. The van der Waals surface area contributed by atoms with Gasteiger partial charge in [0.2, 0.25) is 5.90 Å². The minimum absolute atomic E-state index is 0.00109. The van der Waals surface area contributed by atoms with E-state index in [0.717, 1.165) is 43.7 Å². The molecule has 6 nitrogen and oxygen atoms in total. The van der Waals surface area contributed by atoms with Gasteiger partial charge < -0.3 is 14.2 Å². The fraction of sp³-hybridized carbons (Fsp3) is 0.619. The molecule has 0 unspecified atom stereocenters. The number of hydrazone groups is 1. The summed E-state index contributed by atoms with van der Waals surface area (Å²) in [6.07, 6.45) is 4.45. The Labute approximate surface area is 161 Å². The SMILES string of the molecule is COC[C@H]1CCCN1/N=C1\OCCC[C@@H]1[C@H](CC(=O)OC)c1ccccc1. The molecule has 2 aliphatic heterocycles. The largest absolute Gasteiger partial charge is 0.480 e. The van der Waals surface area contributed by atoms with Crippen molar-refractivity contribution >= 4 is 11.9 Å². The van der Waals surface area contributed by atoms with Crippen LogP contribution in [0.15, 0.2) is 35.4 Å². The van der Waals surface area contributed by atoms with Crippen molar-refractivity contribution in [2.45, 2.75) is 44.1 Å². The standard InChI is InChI=1S/C21H30N2O4/c1-25-15-17-10-6-12-23(17)22-21-18(11-7-13-27-21)19(14-20(24)26-2)16-8-4-3-5-9-16/h3-5,8-9,17-19H,6-7,10-15H2,1-2H3/b22-21-/t17-,18-,19-/m1/s1. The van der Waals surface area contributed by atoms with Crippen molar-refractivity contribution in [3.05, 3.63) is 35.9 Å². The highest BCUT2D eigenvalue weighted by atomic mass is 16.5. The number of esters is 1. The second-order valence-electron chi connectivity index (χ2n) is 7.25. The molecule has 0 saturated carbocycles. The summed E-state index contributed by atoms with van der Waals surface area (Å²) in [5, 5.41) is 7.00. The lowest BCUT2D eigenvalue weighted by molar-refractivity contribution is -0.141. The first-order valence-corrected chi connectivity index (χ1v) is 9.81. The molecule has 2 fully saturated rings. The summed E-state index contributed by atoms with van der Waals surface area (Å²) in [5.74, 6) is 0.624. The van der Waals surface area contributed by atoms with E-state index in [4.69, 9.17) is 19.3 Å². The molecule has 2 saturated heterocycles. The van der Waals surface area contributed by atoms with E-state index >= 15 is 0 Å². The second-order valence-corrected chi connectivity index (χ2v) is 7.25. The van der Waals surface area contributed by atoms with Crippen LogP contribution in [0.3, 0.4) is 0 Å². The molecular weight excluding hydrogens is 344 g/mol. The van der Waals surface area contributed by atoms with Crippen LogP contribution in [0.25, 0.3) is 0 Å². The highest BCUT2D eigenvalue weighted by Crippen LogP contribution is 2.36. The van der Waals surface area contributed by atoms with Crippen molar-refractivity contribution in [3.63, 3.8) is 0 Å². The molecule has 148 valence electrons. The van der Waals surface area contributed by atoms with Gasteiger partial charge in [-0.3, -0.25) is 9.80 Å². The molecule has 1 aromatic rings. The Bertz CT molecular complexity index is 634. The van der Waals surface area contributed by atoms with Gasteiger partial charge >= 0.3 is 5.97 Å². The van der Waals surface area contributed by atoms with Crippen molar-refractivity contribution < 1.29 is 19.0 Å². The van der Waals surface area contributed by atoms with Gasteiger partial charge in [0, 0.05) is 25.5 Å². The average Bonchev–Trinajstić information content (AvgIpc) is 3.14. The molecule has 0 spiro atoms. The molecular formula is C21H30N2O4. The Kier molecular flexibility index (Phi) is 7.10. The van der Waals surface area contributed by atoms with Crippen LogP contribution in [0.5, 0.6) is 0 Å². The van der Waals surface area contributed by atoms with E-state index in [2.05, 4.69) is 17.1 Å². The zero-order chi connectivity index (χ0) is 19.1. The molecule has 1 aromatic carbocycles. The van der Waals surface area contributed by atoms with Crippen LogP contribution in [-0.2, 0) is 19.0 Å². The van der Waals surface area contributed by atoms with Crippen molar-refractivity contribution in [3.8, 4) is 0 Å². The number of carbonyl (C=O) groups is 1. The highest BCUT2D eigenvalue weighted by Gasteiger charge is 2.35. The summed E-state index contributed by atoms with van der Waals surface area (Å²) < 4.78 is 16.3. The van der Waals surface area contributed by atoms with Gasteiger partial charge in [0.1, 0.15) is 0 Å². The van der Waals surface area contributed by atoms with Gasteiger partial charge in [-0.2, -0.15) is 0 Å². The van der Waals surface area contributed by atoms with E-state index in [1.54, 1.807) is 7.11 Å². The molecule has 0 aromatic heterocycles. The van der Waals surface area contributed by atoms with E-state index in [1.165, 1.54) is 7.11 Å². The van der Waals surface area contributed by atoms with Gasteiger partial charge in [-0.1, -0.05) is 30.3 Å². The monoisotopic (exact) mass is 374 g/mol. The van der Waals surface area contributed by atoms with Crippen molar-refractivity contribution in [2.24, 2.45) is 11.0 Å². The zero-order valence-corrected chi connectivity index (χ0v) is 16.3. The minimum atomic E-state index is -0.202. The van der Waals surface area contributed by atoms with Crippen LogP contribution in [0, 0.1) is 5.92 Å². The van der Waals surface area contributed by atoms with Crippen LogP contribution in [-0.4, -0.2) is 56.9 Å². The van der Waals surface area contributed by atoms with Crippen LogP contribution >= 0.6 is 0 Å². The third-order valence-corrected chi connectivity index (χ3v) is 5.49. The first-order valence-electron chi connectivity index (χ1n) is 9.81. The van der Waals surface area contributed by atoms with Gasteiger partial charge in [0.15, 0.2) is 0 Å². The van der Waals surface area contributed by atoms with Gasteiger partial charge in [-0.25, -0.2) is 0 Å². The predicted octanol–water partition coefficient (Wildman–Crippen LogP) is 3.18. The van der Waals surface area contributed by atoms with Crippen LogP contribution in [0.2, 0.25) is 0 Å². The smallest absolute Gasteiger partial charge is 0.306 e. The third-order valence-electron chi connectivity index (χ3n) is 5.49. The number of rotatable bonds is 7. The fourth-order valence-corrected chi connectivity index (χ4v) is 4.08. The summed E-state index contributed by atoms with van der Waals surface area (Å²) in [4.78, 5) is 12.1. The molecule has 3 atom stereocenters. The minimum Gasteiger partial charge on any atom is -0.480 e. The van der Waals surface area contributed by atoms with Crippen LogP contribution in [0.1, 0.15) is 43.6 Å². The fourth-order valence-electron chi connectivity index (χ4n) is 4.08. The van der Waals surface area contributed by atoms with Crippen molar-refractivity contribution in [1.29, 1.82) is 0 Å². The quantitative estimate of drug-likeness (QED) is 0.686. The molecule has 6 heteroatoms. The van der Waals surface area contributed by atoms with E-state index in [9.17, 15) is 4.79 Å². The zero-order valence-electron chi connectivity index (χ0n) is 16.3. The summed E-state index contributed by atoms with van der Waals surface area (Å²) in [7, 11) is 3.17. The Balaban J connectivity index is 1.86. The lowest BCUT2D eigenvalue weighted by atomic mass is 9.80. The molecule has 0 amide bonds. The predicted molar refractivity (Wildman–Crippen MR) is 104 cm³/mol. The normalized spacial score (nSPS) is 25.3. The number of ether oxygens (including phenoxy) is 3. The van der Waals surface area contributed by atoms with Crippen LogP contribution < -0.4 is 0 Å². The van der Waals surface area contributed by atoms with E-state index < -0.39 is 0 Å². The van der Waals surface area contributed by atoms with Gasteiger partial charge in [0.05, 0.1) is 32.8 Å². The van der Waals surface area contributed by atoms with Crippen molar-refractivity contribution in [2.75, 3.05) is 34.0 Å². The molecule has 0 N–H and O–H groups in total. The first kappa shape index (κ1) is 19.7. The Morgan fingerprint density at radius 2 is 2.07 bits per heavy atom. The number of carbonyl (C=O) groups excluding carboxylic acids is 1. The lowest BCUT2D eigenvalue weighted by Gasteiger charge is -2.33. The summed E-state index contributed by atoms with van der Waals surface area (Å²) in [6, 6.07) is 10.5. The highest BCUT2D eigenvalue weighted by molar-refractivity contribution is 5.81. The topological polar surface area (TPSA) is 60.4 Å². The molecule has 27 heavy (non-hydrogen) atoms. The summed E-state index contributed by atoms with van der Waals surface area (Å²) in [6.45, 7) is 2.27. The maximum Gasteiger partial charge on any atom is 0.306 e. The van der Waals surface area contributed by atoms with E-state index in [-0.39, 0.29) is 17.8 Å². The maximum absolute atomic E-state index is 12.1. The molecule has 2 aliphatic rings. The lowest BCUT2D eigenvalue weighted by Crippen LogP contribution is -2.35. The molecule has 0 radical (unpaired) electrons.